The van der Waals surface area contributed by atoms with Gasteiger partial charge in [-0.25, -0.2) is 14.8 Å². The normalized spacial score (nSPS) is 17.1. The maximum absolute atomic E-state index is 13.4. The zero-order chi connectivity index (χ0) is 27.7. The molecule has 204 valence electrons. The zero-order valence-corrected chi connectivity index (χ0v) is 23.3. The van der Waals surface area contributed by atoms with E-state index in [0.717, 1.165) is 41.3 Å². The number of piperazine rings is 1. The monoisotopic (exact) mass is 528 g/mol. The summed E-state index contributed by atoms with van der Waals surface area (Å²) in [4.78, 5) is 43.4. The number of anilines is 2. The van der Waals surface area contributed by atoms with Crippen molar-refractivity contribution in [3.8, 4) is 5.75 Å². The molecule has 4 heterocycles. The Balaban J connectivity index is 1.23. The molecule has 2 aromatic heterocycles. The first-order valence-electron chi connectivity index (χ1n) is 13.3. The molecule has 9 heteroatoms. The van der Waals surface area contributed by atoms with Crippen molar-refractivity contribution >= 4 is 23.6 Å². The Morgan fingerprint density at radius 2 is 1.69 bits per heavy atom. The highest BCUT2D eigenvalue weighted by Crippen LogP contribution is 2.32. The number of carbonyl (C=O) groups is 2. The van der Waals surface area contributed by atoms with Crippen LogP contribution in [-0.4, -0.2) is 77.1 Å². The van der Waals surface area contributed by atoms with Crippen molar-refractivity contribution in [2.75, 3.05) is 49.6 Å². The number of carbonyl (C=O) groups excluding carboxylic acids is 2. The second-order valence-corrected chi connectivity index (χ2v) is 11.0. The van der Waals surface area contributed by atoms with Crippen molar-refractivity contribution in [1.29, 1.82) is 0 Å². The molecule has 2 aliphatic heterocycles. The molecule has 0 N–H and O–H groups in total. The Hall–Kier alpha value is -4.14. The van der Waals surface area contributed by atoms with Crippen molar-refractivity contribution in [3.05, 3.63) is 77.1 Å². The predicted octanol–water partition coefficient (Wildman–Crippen LogP) is 4.29. The van der Waals surface area contributed by atoms with Gasteiger partial charge in [0.15, 0.2) is 0 Å². The average Bonchev–Trinajstić information content (AvgIpc) is 3.16. The molecule has 2 aliphatic rings. The number of amides is 3. The second-order valence-electron chi connectivity index (χ2n) is 11.0. The number of rotatable bonds is 6. The predicted molar refractivity (Wildman–Crippen MR) is 151 cm³/mol. The SMILES string of the molecule is COc1ccc(CN2CC(C)(C)N(c3ccc(C(=O)N4CCN(c5ncc(C)cc5C)CC4)cn3)C2=O)cc1. The topological polar surface area (TPSA) is 82.1 Å². The highest BCUT2D eigenvalue weighted by atomic mass is 16.5. The van der Waals surface area contributed by atoms with E-state index >= 15 is 0 Å². The molecule has 3 amide bonds. The zero-order valence-electron chi connectivity index (χ0n) is 23.3. The Kier molecular flexibility index (Phi) is 7.16. The van der Waals surface area contributed by atoms with E-state index in [9.17, 15) is 9.59 Å². The van der Waals surface area contributed by atoms with Crippen LogP contribution in [0.3, 0.4) is 0 Å². The third kappa shape index (κ3) is 5.39. The van der Waals surface area contributed by atoms with Crippen LogP contribution in [-0.2, 0) is 6.54 Å². The van der Waals surface area contributed by atoms with E-state index in [1.807, 2.05) is 61.0 Å². The van der Waals surface area contributed by atoms with Gasteiger partial charge >= 0.3 is 6.03 Å². The van der Waals surface area contributed by atoms with Crippen LogP contribution in [0.25, 0.3) is 0 Å². The number of urea groups is 1. The van der Waals surface area contributed by atoms with Gasteiger partial charge < -0.3 is 19.4 Å². The van der Waals surface area contributed by atoms with E-state index < -0.39 is 5.54 Å². The minimum atomic E-state index is -0.444. The van der Waals surface area contributed by atoms with Gasteiger partial charge in [0.2, 0.25) is 0 Å². The average molecular weight is 529 g/mol. The molecular weight excluding hydrogens is 492 g/mol. The van der Waals surface area contributed by atoms with Crippen LogP contribution in [0, 0.1) is 13.8 Å². The van der Waals surface area contributed by atoms with Gasteiger partial charge in [0.05, 0.1) is 18.2 Å². The van der Waals surface area contributed by atoms with E-state index in [4.69, 9.17) is 4.74 Å². The molecule has 0 unspecified atom stereocenters. The maximum atomic E-state index is 13.4. The van der Waals surface area contributed by atoms with Crippen LogP contribution in [0.15, 0.2) is 54.9 Å². The number of nitrogens with zero attached hydrogens (tertiary/aromatic N) is 6. The summed E-state index contributed by atoms with van der Waals surface area (Å²) < 4.78 is 5.24. The first-order chi connectivity index (χ1) is 18.7. The molecule has 1 aromatic carbocycles. The highest BCUT2D eigenvalue weighted by Gasteiger charge is 2.44. The fourth-order valence-electron chi connectivity index (χ4n) is 5.48. The molecule has 39 heavy (non-hydrogen) atoms. The molecule has 3 aromatic rings. The van der Waals surface area contributed by atoms with Gasteiger partial charge in [-0.3, -0.25) is 9.69 Å². The van der Waals surface area contributed by atoms with Crippen LogP contribution >= 0.6 is 0 Å². The van der Waals surface area contributed by atoms with Gasteiger partial charge in [-0.05, 0) is 68.7 Å². The van der Waals surface area contributed by atoms with Gasteiger partial charge in [0.25, 0.3) is 5.91 Å². The van der Waals surface area contributed by atoms with Gasteiger partial charge in [0, 0.05) is 51.7 Å². The Labute approximate surface area is 230 Å². The van der Waals surface area contributed by atoms with Gasteiger partial charge in [0.1, 0.15) is 17.4 Å². The van der Waals surface area contributed by atoms with Crippen molar-refractivity contribution in [3.63, 3.8) is 0 Å². The van der Waals surface area contributed by atoms with E-state index in [2.05, 4.69) is 27.9 Å². The van der Waals surface area contributed by atoms with Crippen LogP contribution in [0.1, 0.15) is 40.9 Å². The maximum Gasteiger partial charge on any atom is 0.326 e. The lowest BCUT2D eigenvalue weighted by Crippen LogP contribution is -2.49. The first-order valence-corrected chi connectivity index (χ1v) is 13.3. The molecule has 2 saturated heterocycles. The molecule has 0 bridgehead atoms. The lowest BCUT2D eigenvalue weighted by Gasteiger charge is -2.36. The second kappa shape index (κ2) is 10.6. The first kappa shape index (κ1) is 26.5. The van der Waals surface area contributed by atoms with E-state index in [-0.39, 0.29) is 11.9 Å². The number of benzene rings is 1. The summed E-state index contributed by atoms with van der Waals surface area (Å²) in [7, 11) is 1.64. The summed E-state index contributed by atoms with van der Waals surface area (Å²) >= 11 is 0. The number of hydrogen-bond donors (Lipinski definition) is 0. The summed E-state index contributed by atoms with van der Waals surface area (Å²) in [6.45, 7) is 11.9. The quantitative estimate of drug-likeness (QED) is 0.475. The van der Waals surface area contributed by atoms with Crippen LogP contribution < -0.4 is 14.5 Å². The summed E-state index contributed by atoms with van der Waals surface area (Å²) in [5.74, 6) is 2.27. The molecule has 0 aliphatic carbocycles. The lowest BCUT2D eigenvalue weighted by atomic mass is 10.0. The number of aryl methyl sites for hydroxylation is 2. The van der Waals surface area contributed by atoms with E-state index in [0.29, 0.717) is 37.6 Å². The lowest BCUT2D eigenvalue weighted by molar-refractivity contribution is 0.0746. The Morgan fingerprint density at radius 1 is 0.974 bits per heavy atom. The summed E-state index contributed by atoms with van der Waals surface area (Å²) in [6, 6.07) is 13.3. The molecule has 0 atom stereocenters. The molecule has 0 saturated carbocycles. The van der Waals surface area contributed by atoms with Gasteiger partial charge in [-0.1, -0.05) is 18.2 Å². The van der Waals surface area contributed by atoms with Crippen molar-refractivity contribution in [2.45, 2.75) is 39.8 Å². The number of hydrogen-bond acceptors (Lipinski definition) is 6. The standard InChI is InChI=1S/C30H36N6O3/c1-21-16-22(2)27(32-17-21)33-12-14-34(15-13-33)28(37)24-8-11-26(31-18-24)36-29(38)35(20-30(36,3)4)19-23-6-9-25(39-5)10-7-23/h6-11,16-18H,12-15,19-20H2,1-5H3. The molecule has 9 nitrogen and oxygen atoms in total. The highest BCUT2D eigenvalue weighted by molar-refractivity contribution is 5.97. The number of ether oxygens (including phenoxy) is 1. The van der Waals surface area contributed by atoms with E-state index in [1.165, 1.54) is 0 Å². The van der Waals surface area contributed by atoms with Crippen LogP contribution in [0.4, 0.5) is 16.4 Å². The van der Waals surface area contributed by atoms with Crippen molar-refractivity contribution in [2.24, 2.45) is 0 Å². The van der Waals surface area contributed by atoms with E-state index in [1.54, 1.807) is 30.3 Å². The van der Waals surface area contributed by atoms with Gasteiger partial charge in [-0.2, -0.15) is 0 Å². The Bertz CT molecular complexity index is 1350. The van der Waals surface area contributed by atoms with Gasteiger partial charge in [-0.15, -0.1) is 0 Å². The largest absolute Gasteiger partial charge is 0.497 e. The summed E-state index contributed by atoms with van der Waals surface area (Å²) in [5.41, 5.74) is 3.41. The molecule has 0 spiro atoms. The van der Waals surface area contributed by atoms with Crippen molar-refractivity contribution < 1.29 is 14.3 Å². The third-order valence-electron chi connectivity index (χ3n) is 7.46. The smallest absolute Gasteiger partial charge is 0.326 e. The van der Waals surface area contributed by atoms with Crippen LogP contribution in [0.2, 0.25) is 0 Å². The Morgan fingerprint density at radius 3 is 2.31 bits per heavy atom. The summed E-state index contributed by atoms with van der Waals surface area (Å²) in [5, 5.41) is 0. The molecular formula is C30H36N6O3. The number of aromatic nitrogens is 2. The number of methoxy groups -OCH3 is 1. The summed E-state index contributed by atoms with van der Waals surface area (Å²) in [6.07, 6.45) is 3.48. The molecule has 0 radical (unpaired) electrons. The minimum absolute atomic E-state index is 0.0459. The number of pyridine rings is 2. The minimum Gasteiger partial charge on any atom is -0.497 e. The van der Waals surface area contributed by atoms with Crippen LogP contribution in [0.5, 0.6) is 5.75 Å². The fourth-order valence-corrected chi connectivity index (χ4v) is 5.48. The van der Waals surface area contributed by atoms with Crippen molar-refractivity contribution in [1.82, 2.24) is 19.8 Å². The molecule has 5 rings (SSSR count). The third-order valence-corrected chi connectivity index (χ3v) is 7.46. The fraction of sp³-hybridized carbons (Fsp3) is 0.400. The molecule has 2 fully saturated rings.